The summed E-state index contributed by atoms with van der Waals surface area (Å²) in [5.74, 6) is -0.786. The van der Waals surface area contributed by atoms with Gasteiger partial charge in [-0.1, -0.05) is 24.3 Å². The SMILES string of the molecule is OCc1cccc(CNC2CC(c3cc(F)cc(F)c3)C2)c1. The van der Waals surface area contributed by atoms with E-state index in [9.17, 15) is 8.78 Å². The minimum atomic E-state index is -0.507. The van der Waals surface area contributed by atoms with Crippen molar-refractivity contribution >= 4 is 0 Å². The molecule has 4 heteroatoms. The third-order valence-corrected chi connectivity index (χ3v) is 4.26. The second-order valence-corrected chi connectivity index (χ2v) is 5.93. The Balaban J connectivity index is 1.51. The molecule has 1 aliphatic rings. The molecule has 1 aliphatic carbocycles. The lowest BCUT2D eigenvalue weighted by Gasteiger charge is -2.36. The Morgan fingerprint density at radius 1 is 1.00 bits per heavy atom. The Bertz CT molecular complexity index is 633. The zero-order valence-electron chi connectivity index (χ0n) is 12.2. The van der Waals surface area contributed by atoms with Crippen LogP contribution < -0.4 is 5.32 Å². The molecule has 0 amide bonds. The summed E-state index contributed by atoms with van der Waals surface area (Å²) in [6.45, 7) is 0.785. The smallest absolute Gasteiger partial charge is 0.126 e. The van der Waals surface area contributed by atoms with Crippen molar-refractivity contribution in [3.8, 4) is 0 Å². The number of aliphatic hydroxyl groups excluding tert-OH is 1. The third-order valence-electron chi connectivity index (χ3n) is 4.26. The number of hydrogen-bond acceptors (Lipinski definition) is 2. The van der Waals surface area contributed by atoms with Crippen LogP contribution in [0.25, 0.3) is 0 Å². The van der Waals surface area contributed by atoms with E-state index < -0.39 is 11.6 Å². The maximum Gasteiger partial charge on any atom is 0.126 e. The predicted molar refractivity (Wildman–Crippen MR) is 81.3 cm³/mol. The van der Waals surface area contributed by atoms with Crippen molar-refractivity contribution in [1.29, 1.82) is 0 Å². The average molecular weight is 303 g/mol. The molecule has 2 aromatic carbocycles. The van der Waals surface area contributed by atoms with E-state index in [1.807, 2.05) is 24.3 Å². The molecule has 0 aromatic heterocycles. The van der Waals surface area contributed by atoms with Gasteiger partial charge in [0.25, 0.3) is 0 Å². The minimum Gasteiger partial charge on any atom is -0.392 e. The fourth-order valence-corrected chi connectivity index (χ4v) is 2.97. The van der Waals surface area contributed by atoms with E-state index in [-0.39, 0.29) is 12.5 Å². The maximum atomic E-state index is 13.2. The molecule has 0 radical (unpaired) electrons. The van der Waals surface area contributed by atoms with Gasteiger partial charge in [0.2, 0.25) is 0 Å². The highest BCUT2D eigenvalue weighted by Gasteiger charge is 2.30. The highest BCUT2D eigenvalue weighted by molar-refractivity contribution is 5.26. The summed E-state index contributed by atoms with van der Waals surface area (Å²) in [6.07, 6.45) is 1.78. The molecule has 2 aromatic rings. The number of hydrogen-bond donors (Lipinski definition) is 2. The number of halogens is 2. The van der Waals surface area contributed by atoms with Crippen LogP contribution in [-0.4, -0.2) is 11.1 Å². The summed E-state index contributed by atoms with van der Waals surface area (Å²) in [4.78, 5) is 0. The standard InChI is InChI=1S/C18H19F2NO/c19-16-5-14(6-17(20)9-16)15-7-18(8-15)21-10-12-2-1-3-13(4-12)11-22/h1-6,9,15,18,21-22H,7-8,10-11H2. The highest BCUT2D eigenvalue weighted by atomic mass is 19.1. The van der Waals surface area contributed by atoms with Crippen LogP contribution in [0.3, 0.4) is 0 Å². The first kappa shape index (κ1) is 15.1. The van der Waals surface area contributed by atoms with Crippen LogP contribution in [0.5, 0.6) is 0 Å². The molecule has 0 unspecified atom stereocenters. The first-order valence-corrected chi connectivity index (χ1v) is 7.52. The largest absolute Gasteiger partial charge is 0.392 e. The third kappa shape index (κ3) is 3.51. The lowest BCUT2D eigenvalue weighted by atomic mass is 9.76. The molecule has 116 valence electrons. The van der Waals surface area contributed by atoms with E-state index in [1.165, 1.54) is 12.1 Å². The van der Waals surface area contributed by atoms with Crippen molar-refractivity contribution in [1.82, 2.24) is 5.32 Å². The van der Waals surface area contributed by atoms with Gasteiger partial charge in [0.15, 0.2) is 0 Å². The van der Waals surface area contributed by atoms with Crippen LogP contribution in [0.4, 0.5) is 8.78 Å². The molecule has 2 nitrogen and oxygen atoms in total. The average Bonchev–Trinajstić information content (AvgIpc) is 2.45. The molecule has 1 saturated carbocycles. The fraction of sp³-hybridized carbons (Fsp3) is 0.333. The van der Waals surface area contributed by atoms with Crippen LogP contribution in [0.15, 0.2) is 42.5 Å². The summed E-state index contributed by atoms with van der Waals surface area (Å²) in [5.41, 5.74) is 2.78. The first-order valence-electron chi connectivity index (χ1n) is 7.52. The molecular formula is C18H19F2NO. The van der Waals surface area contributed by atoms with Gasteiger partial charge in [0, 0.05) is 18.7 Å². The van der Waals surface area contributed by atoms with Gasteiger partial charge >= 0.3 is 0 Å². The van der Waals surface area contributed by atoms with Crippen molar-refractivity contribution in [3.63, 3.8) is 0 Å². The second-order valence-electron chi connectivity index (χ2n) is 5.93. The molecule has 0 saturated heterocycles. The molecule has 1 fully saturated rings. The molecule has 0 atom stereocenters. The van der Waals surface area contributed by atoms with Crippen molar-refractivity contribution in [2.24, 2.45) is 0 Å². The van der Waals surface area contributed by atoms with Gasteiger partial charge in [0.05, 0.1) is 6.61 Å². The van der Waals surface area contributed by atoms with Gasteiger partial charge in [-0.25, -0.2) is 8.78 Å². The van der Waals surface area contributed by atoms with Crippen LogP contribution in [0.2, 0.25) is 0 Å². The quantitative estimate of drug-likeness (QED) is 0.886. The Hall–Kier alpha value is -1.78. The van der Waals surface area contributed by atoms with E-state index in [2.05, 4.69) is 5.32 Å². The van der Waals surface area contributed by atoms with Crippen molar-refractivity contribution < 1.29 is 13.9 Å². The molecule has 2 N–H and O–H groups in total. The minimum absolute atomic E-state index is 0.0461. The Kier molecular flexibility index (Phi) is 4.50. The second kappa shape index (κ2) is 6.55. The van der Waals surface area contributed by atoms with Gasteiger partial charge in [-0.05, 0) is 47.6 Å². The van der Waals surface area contributed by atoms with Gasteiger partial charge in [-0.2, -0.15) is 0 Å². The maximum absolute atomic E-state index is 13.2. The normalized spacial score (nSPS) is 20.7. The molecule has 0 bridgehead atoms. The lowest BCUT2D eigenvalue weighted by Crippen LogP contribution is -2.39. The molecule has 22 heavy (non-hydrogen) atoms. The van der Waals surface area contributed by atoms with E-state index in [0.29, 0.717) is 6.04 Å². The van der Waals surface area contributed by atoms with E-state index >= 15 is 0 Å². The van der Waals surface area contributed by atoms with Crippen molar-refractivity contribution in [3.05, 3.63) is 70.8 Å². The Morgan fingerprint density at radius 3 is 2.36 bits per heavy atom. The van der Waals surface area contributed by atoms with Gasteiger partial charge in [-0.3, -0.25) is 0 Å². The highest BCUT2D eigenvalue weighted by Crippen LogP contribution is 2.37. The number of nitrogens with one attached hydrogen (secondary N) is 1. The van der Waals surface area contributed by atoms with Crippen LogP contribution >= 0.6 is 0 Å². The molecule has 0 heterocycles. The summed E-state index contributed by atoms with van der Waals surface area (Å²) < 4.78 is 26.4. The van der Waals surface area contributed by atoms with Gasteiger partial charge < -0.3 is 10.4 Å². The van der Waals surface area contributed by atoms with Crippen LogP contribution in [-0.2, 0) is 13.2 Å². The monoisotopic (exact) mass is 303 g/mol. The summed E-state index contributed by atoms with van der Waals surface area (Å²) >= 11 is 0. The number of benzene rings is 2. The number of aliphatic hydroxyl groups is 1. The van der Waals surface area contributed by atoms with E-state index in [1.54, 1.807) is 0 Å². The summed E-state index contributed by atoms with van der Waals surface area (Å²) in [6, 6.07) is 11.9. The van der Waals surface area contributed by atoms with E-state index in [0.717, 1.165) is 42.1 Å². The Labute approximate surface area is 128 Å². The molecular weight excluding hydrogens is 284 g/mol. The zero-order valence-corrected chi connectivity index (χ0v) is 12.2. The van der Waals surface area contributed by atoms with Crippen LogP contribution in [0, 0.1) is 11.6 Å². The number of rotatable bonds is 5. The van der Waals surface area contributed by atoms with Gasteiger partial charge in [0.1, 0.15) is 11.6 Å². The first-order chi connectivity index (χ1) is 10.6. The molecule has 0 aliphatic heterocycles. The van der Waals surface area contributed by atoms with Crippen molar-refractivity contribution in [2.75, 3.05) is 0 Å². The fourth-order valence-electron chi connectivity index (χ4n) is 2.97. The van der Waals surface area contributed by atoms with Crippen LogP contribution in [0.1, 0.15) is 35.4 Å². The topological polar surface area (TPSA) is 32.3 Å². The zero-order chi connectivity index (χ0) is 15.5. The lowest BCUT2D eigenvalue weighted by molar-refractivity contribution is 0.280. The molecule has 3 rings (SSSR count). The summed E-state index contributed by atoms with van der Waals surface area (Å²) in [7, 11) is 0. The predicted octanol–water partition coefficient (Wildman–Crippen LogP) is 3.49. The Morgan fingerprint density at radius 2 is 1.68 bits per heavy atom. The summed E-state index contributed by atoms with van der Waals surface area (Å²) in [5, 5.41) is 12.6. The van der Waals surface area contributed by atoms with Gasteiger partial charge in [-0.15, -0.1) is 0 Å². The van der Waals surface area contributed by atoms with E-state index in [4.69, 9.17) is 5.11 Å². The molecule has 0 spiro atoms. The van der Waals surface area contributed by atoms with Crippen molar-refractivity contribution in [2.45, 2.75) is 38.0 Å².